The fourth-order valence-corrected chi connectivity index (χ4v) is 3.40. The molecule has 29 heavy (non-hydrogen) atoms. The molecule has 0 spiro atoms. The molecule has 0 amide bonds. The van der Waals surface area contributed by atoms with Gasteiger partial charge in [-0.05, 0) is 55.7 Å². The van der Waals surface area contributed by atoms with E-state index in [1.807, 2.05) is 26.0 Å². The van der Waals surface area contributed by atoms with Gasteiger partial charge in [0.2, 0.25) is 5.95 Å². The van der Waals surface area contributed by atoms with E-state index < -0.39 is 0 Å². The standard InChI is InChI=1S/C22H16N6O/c1-13-9-16-5-6-17(11-24)19(16)14(2)20(13)29-22-26-12-25-21(28-22)27-18-7-3-15(10-23)4-8-18/h3-4,6-9,12H,5H2,1-2H3,(H,25,26,27,28). The summed E-state index contributed by atoms with van der Waals surface area (Å²) in [7, 11) is 0. The molecule has 4 rings (SSSR count). The molecule has 3 aromatic rings. The Kier molecular flexibility index (Phi) is 4.64. The first-order chi connectivity index (χ1) is 14.1. The number of nitrogens with zero attached hydrogens (tertiary/aromatic N) is 5. The molecule has 0 fully saturated rings. The third-order valence-corrected chi connectivity index (χ3v) is 4.71. The van der Waals surface area contributed by atoms with Crippen molar-refractivity contribution in [1.82, 2.24) is 15.0 Å². The maximum atomic E-state index is 9.38. The molecule has 0 radical (unpaired) electrons. The first kappa shape index (κ1) is 18.1. The number of nitriles is 2. The number of ether oxygens (including phenoxy) is 1. The van der Waals surface area contributed by atoms with Gasteiger partial charge in [0.05, 0.1) is 23.3 Å². The second-order valence-electron chi connectivity index (χ2n) is 6.62. The van der Waals surface area contributed by atoms with E-state index in [2.05, 4.69) is 32.4 Å². The summed E-state index contributed by atoms with van der Waals surface area (Å²) in [5, 5.41) is 21.3. The van der Waals surface area contributed by atoms with Crippen molar-refractivity contribution >= 4 is 17.2 Å². The van der Waals surface area contributed by atoms with Gasteiger partial charge < -0.3 is 10.1 Å². The van der Waals surface area contributed by atoms with Gasteiger partial charge in [-0.15, -0.1) is 0 Å². The predicted octanol–water partition coefficient (Wildman–Crippen LogP) is 4.36. The summed E-state index contributed by atoms with van der Waals surface area (Å²) in [6, 6.07) is 13.5. The van der Waals surface area contributed by atoms with Crippen LogP contribution >= 0.6 is 0 Å². The third-order valence-electron chi connectivity index (χ3n) is 4.71. The molecule has 0 bridgehead atoms. The van der Waals surface area contributed by atoms with Crippen molar-refractivity contribution in [2.45, 2.75) is 20.3 Å². The lowest BCUT2D eigenvalue weighted by atomic mass is 9.96. The molecule has 0 saturated carbocycles. The molecule has 0 aliphatic heterocycles. The van der Waals surface area contributed by atoms with Crippen molar-refractivity contribution in [1.29, 1.82) is 10.5 Å². The number of aromatic nitrogens is 3. The predicted molar refractivity (Wildman–Crippen MR) is 108 cm³/mol. The lowest BCUT2D eigenvalue weighted by Crippen LogP contribution is -2.03. The second-order valence-corrected chi connectivity index (χ2v) is 6.62. The monoisotopic (exact) mass is 380 g/mol. The molecule has 7 nitrogen and oxygen atoms in total. The molecule has 1 N–H and O–H groups in total. The van der Waals surface area contributed by atoms with Crippen LogP contribution in [-0.2, 0) is 6.42 Å². The number of hydrogen-bond donors (Lipinski definition) is 1. The van der Waals surface area contributed by atoms with E-state index in [-0.39, 0.29) is 6.01 Å². The summed E-state index contributed by atoms with van der Waals surface area (Å²) in [6.45, 7) is 3.90. The van der Waals surface area contributed by atoms with Crippen LogP contribution in [0, 0.1) is 36.5 Å². The Morgan fingerprint density at radius 3 is 2.59 bits per heavy atom. The first-order valence-electron chi connectivity index (χ1n) is 8.97. The number of hydrogen-bond acceptors (Lipinski definition) is 7. The van der Waals surface area contributed by atoms with Gasteiger partial charge in [0, 0.05) is 16.8 Å². The van der Waals surface area contributed by atoms with Crippen LogP contribution in [0.5, 0.6) is 11.8 Å². The van der Waals surface area contributed by atoms with Crippen molar-refractivity contribution in [3.05, 3.63) is 70.6 Å². The fourth-order valence-electron chi connectivity index (χ4n) is 3.40. The van der Waals surface area contributed by atoms with Crippen LogP contribution in [-0.4, -0.2) is 15.0 Å². The summed E-state index contributed by atoms with van der Waals surface area (Å²) >= 11 is 0. The van der Waals surface area contributed by atoms with Crippen LogP contribution in [0.4, 0.5) is 11.6 Å². The molecule has 1 heterocycles. The number of rotatable bonds is 4. The van der Waals surface area contributed by atoms with Gasteiger partial charge in [-0.25, -0.2) is 4.98 Å². The smallest absolute Gasteiger partial charge is 0.326 e. The Bertz CT molecular complexity index is 1220. The highest BCUT2D eigenvalue weighted by molar-refractivity contribution is 5.85. The summed E-state index contributed by atoms with van der Waals surface area (Å²) < 4.78 is 5.99. The number of anilines is 2. The highest BCUT2D eigenvalue weighted by Gasteiger charge is 2.22. The van der Waals surface area contributed by atoms with Crippen LogP contribution in [0.2, 0.25) is 0 Å². The summed E-state index contributed by atoms with van der Waals surface area (Å²) in [5.41, 5.74) is 5.89. The van der Waals surface area contributed by atoms with E-state index >= 15 is 0 Å². The maximum Gasteiger partial charge on any atom is 0.326 e. The van der Waals surface area contributed by atoms with Gasteiger partial charge in [-0.3, -0.25) is 0 Å². The number of fused-ring (bicyclic) bond motifs is 1. The van der Waals surface area contributed by atoms with Gasteiger partial charge in [0.25, 0.3) is 0 Å². The van der Waals surface area contributed by atoms with Gasteiger partial charge in [-0.2, -0.15) is 20.5 Å². The number of aryl methyl sites for hydroxylation is 1. The van der Waals surface area contributed by atoms with Gasteiger partial charge in [-0.1, -0.05) is 12.1 Å². The molecule has 140 valence electrons. The molecular formula is C22H16N6O. The minimum absolute atomic E-state index is 0.155. The first-order valence-corrected chi connectivity index (χ1v) is 8.97. The Morgan fingerprint density at radius 2 is 1.86 bits per heavy atom. The minimum Gasteiger partial charge on any atom is -0.424 e. The summed E-state index contributed by atoms with van der Waals surface area (Å²) in [4.78, 5) is 12.5. The zero-order valence-corrected chi connectivity index (χ0v) is 15.9. The largest absolute Gasteiger partial charge is 0.424 e. The van der Waals surface area contributed by atoms with E-state index in [9.17, 15) is 5.26 Å². The van der Waals surface area contributed by atoms with Gasteiger partial charge in [0.1, 0.15) is 12.1 Å². The second kappa shape index (κ2) is 7.41. The Hall–Kier alpha value is -4.23. The van der Waals surface area contributed by atoms with Crippen molar-refractivity contribution in [2.75, 3.05) is 5.32 Å². The van der Waals surface area contributed by atoms with Crippen LogP contribution in [0.1, 0.15) is 27.8 Å². The van der Waals surface area contributed by atoms with Crippen LogP contribution in [0.3, 0.4) is 0 Å². The normalized spacial score (nSPS) is 11.8. The van der Waals surface area contributed by atoms with Crippen molar-refractivity contribution < 1.29 is 4.74 Å². The van der Waals surface area contributed by atoms with E-state index in [1.165, 1.54) is 6.33 Å². The Labute approximate surface area is 168 Å². The van der Waals surface area contributed by atoms with Crippen LogP contribution < -0.4 is 10.1 Å². The lowest BCUT2D eigenvalue weighted by molar-refractivity contribution is 0.434. The zero-order chi connectivity index (χ0) is 20.4. The van der Waals surface area contributed by atoms with E-state index in [4.69, 9.17) is 10.00 Å². The van der Waals surface area contributed by atoms with Crippen LogP contribution in [0.15, 0.2) is 42.7 Å². The highest BCUT2D eigenvalue weighted by Crippen LogP contribution is 2.38. The molecule has 1 aliphatic carbocycles. The number of nitrogens with one attached hydrogen (secondary N) is 1. The quantitative estimate of drug-likeness (QED) is 0.716. The number of benzene rings is 2. The van der Waals surface area contributed by atoms with Crippen LogP contribution in [0.25, 0.3) is 5.57 Å². The van der Waals surface area contributed by atoms with E-state index in [1.54, 1.807) is 24.3 Å². The molecule has 0 unspecified atom stereocenters. The highest BCUT2D eigenvalue weighted by atomic mass is 16.5. The zero-order valence-electron chi connectivity index (χ0n) is 15.9. The van der Waals surface area contributed by atoms with Crippen molar-refractivity contribution in [2.24, 2.45) is 0 Å². The molecular weight excluding hydrogens is 364 g/mol. The third kappa shape index (κ3) is 3.50. The Morgan fingerprint density at radius 1 is 1.07 bits per heavy atom. The van der Waals surface area contributed by atoms with Crippen molar-refractivity contribution in [3.8, 4) is 23.9 Å². The van der Waals surface area contributed by atoms with Gasteiger partial charge >= 0.3 is 6.01 Å². The lowest BCUT2D eigenvalue weighted by Gasteiger charge is -2.15. The molecule has 1 aliphatic rings. The summed E-state index contributed by atoms with van der Waals surface area (Å²) in [6.07, 6.45) is 4.06. The molecule has 0 saturated heterocycles. The SMILES string of the molecule is Cc1cc2c(c(C)c1Oc1ncnc(Nc3ccc(C#N)cc3)n1)C(C#N)=CC2. The Balaban J connectivity index is 1.61. The summed E-state index contributed by atoms with van der Waals surface area (Å²) in [5.74, 6) is 0.969. The van der Waals surface area contributed by atoms with Crippen molar-refractivity contribution in [3.63, 3.8) is 0 Å². The average Bonchev–Trinajstić information content (AvgIpc) is 3.15. The van der Waals surface area contributed by atoms with Gasteiger partial charge in [0.15, 0.2) is 0 Å². The molecule has 7 heteroatoms. The molecule has 1 aromatic heterocycles. The average molecular weight is 380 g/mol. The van der Waals surface area contributed by atoms with E-state index in [0.717, 1.165) is 34.4 Å². The van der Waals surface area contributed by atoms with E-state index in [0.29, 0.717) is 22.8 Å². The molecule has 0 atom stereocenters. The molecule has 2 aromatic carbocycles. The fraction of sp³-hybridized carbons (Fsp3) is 0.136. The minimum atomic E-state index is 0.155. The number of allylic oxidation sites excluding steroid dienone is 2. The topological polar surface area (TPSA) is 108 Å². The maximum absolute atomic E-state index is 9.38.